The molecular weight excluding hydrogens is 395 g/mol. The van der Waals surface area contributed by atoms with Crippen LogP contribution in [0.4, 0.5) is 21.8 Å². The number of nitrogens with zero attached hydrogens (tertiary/aromatic N) is 5. The van der Waals surface area contributed by atoms with Crippen molar-refractivity contribution in [2.45, 2.75) is 57.2 Å². The van der Waals surface area contributed by atoms with Crippen LogP contribution in [0, 0.1) is 24.1 Å². The van der Waals surface area contributed by atoms with E-state index in [1.54, 1.807) is 19.2 Å². The van der Waals surface area contributed by atoms with Crippen molar-refractivity contribution in [2.75, 3.05) is 17.2 Å². The van der Waals surface area contributed by atoms with Gasteiger partial charge in [0.05, 0.1) is 17.3 Å². The zero-order valence-corrected chi connectivity index (χ0v) is 17.4. The predicted octanol–water partition coefficient (Wildman–Crippen LogP) is 3.87. The first kappa shape index (κ1) is 19.7. The van der Waals surface area contributed by atoms with Crippen LogP contribution in [0.15, 0.2) is 24.4 Å². The van der Waals surface area contributed by atoms with Gasteiger partial charge in [0.1, 0.15) is 11.6 Å². The molecule has 0 saturated carbocycles. The Morgan fingerprint density at radius 3 is 2.81 bits per heavy atom. The van der Waals surface area contributed by atoms with E-state index in [1.807, 2.05) is 12.1 Å². The van der Waals surface area contributed by atoms with Crippen LogP contribution in [0.3, 0.4) is 0 Å². The fraction of sp³-hybridized carbons (Fsp3) is 0.455. The lowest BCUT2D eigenvalue weighted by Crippen LogP contribution is -2.47. The summed E-state index contributed by atoms with van der Waals surface area (Å²) in [7, 11) is 0. The molecule has 5 rings (SSSR count). The smallest absolute Gasteiger partial charge is 0.189 e. The number of nitrogens with one attached hydrogen (secondary N) is 3. The molecule has 160 valence electrons. The van der Waals surface area contributed by atoms with Gasteiger partial charge in [-0.1, -0.05) is 0 Å². The van der Waals surface area contributed by atoms with Gasteiger partial charge in [0.15, 0.2) is 11.6 Å². The van der Waals surface area contributed by atoms with E-state index in [0.717, 1.165) is 36.1 Å². The molecule has 2 unspecified atom stereocenters. The van der Waals surface area contributed by atoms with Crippen LogP contribution >= 0.6 is 0 Å². The van der Waals surface area contributed by atoms with Crippen LogP contribution in [0.2, 0.25) is 0 Å². The maximum Gasteiger partial charge on any atom is 0.189 e. The molecule has 0 amide bonds. The lowest BCUT2D eigenvalue weighted by atomic mass is 9.97. The number of H-pyrrole nitrogens is 1. The van der Waals surface area contributed by atoms with E-state index in [-0.39, 0.29) is 5.82 Å². The van der Waals surface area contributed by atoms with Crippen molar-refractivity contribution in [3.8, 4) is 6.07 Å². The van der Waals surface area contributed by atoms with Gasteiger partial charge in [-0.15, -0.1) is 0 Å². The molecule has 2 bridgehead atoms. The number of fused-ring (bicyclic) bond motifs is 3. The SMILES string of the molecule is Cc1[nH]nc(Nc2cc3ncccc3c(NC3CC4CCC(C3)N4CCC#N)n2)c1F. The number of aromatic nitrogens is 4. The van der Waals surface area contributed by atoms with Gasteiger partial charge in [0.25, 0.3) is 0 Å². The summed E-state index contributed by atoms with van der Waals surface area (Å²) < 4.78 is 14.2. The molecule has 0 aromatic carbocycles. The van der Waals surface area contributed by atoms with Crippen LogP contribution < -0.4 is 10.6 Å². The number of nitriles is 1. The third-order valence-electron chi connectivity index (χ3n) is 6.43. The van der Waals surface area contributed by atoms with Gasteiger partial charge < -0.3 is 10.6 Å². The first-order valence-electron chi connectivity index (χ1n) is 10.7. The second kappa shape index (κ2) is 8.12. The Kier molecular flexibility index (Phi) is 5.16. The maximum atomic E-state index is 14.2. The molecule has 3 aromatic heterocycles. The van der Waals surface area contributed by atoms with Crippen molar-refractivity contribution in [1.82, 2.24) is 25.1 Å². The molecule has 3 aromatic rings. The molecule has 3 N–H and O–H groups in total. The Bertz CT molecular complexity index is 1120. The minimum Gasteiger partial charge on any atom is -0.367 e. The maximum absolute atomic E-state index is 14.2. The van der Waals surface area contributed by atoms with Crippen LogP contribution in [-0.4, -0.2) is 49.7 Å². The monoisotopic (exact) mass is 420 g/mol. The highest BCUT2D eigenvalue weighted by atomic mass is 19.1. The molecule has 31 heavy (non-hydrogen) atoms. The molecule has 8 nitrogen and oxygen atoms in total. The highest BCUT2D eigenvalue weighted by molar-refractivity contribution is 5.91. The summed E-state index contributed by atoms with van der Waals surface area (Å²) in [6.45, 7) is 2.49. The Morgan fingerprint density at radius 2 is 2.10 bits per heavy atom. The Balaban J connectivity index is 1.39. The summed E-state index contributed by atoms with van der Waals surface area (Å²) >= 11 is 0. The number of halogens is 1. The van der Waals surface area contributed by atoms with E-state index in [4.69, 9.17) is 10.2 Å². The first-order chi connectivity index (χ1) is 15.1. The zero-order valence-electron chi connectivity index (χ0n) is 17.4. The Hall–Kier alpha value is -3.25. The second-order valence-corrected chi connectivity index (χ2v) is 8.41. The zero-order chi connectivity index (χ0) is 21.4. The average molecular weight is 420 g/mol. The van der Waals surface area contributed by atoms with E-state index >= 15 is 0 Å². The van der Waals surface area contributed by atoms with Gasteiger partial charge >= 0.3 is 0 Å². The molecule has 0 spiro atoms. The van der Waals surface area contributed by atoms with E-state index < -0.39 is 5.82 Å². The number of hydrogen-bond donors (Lipinski definition) is 3. The number of anilines is 3. The third-order valence-corrected chi connectivity index (χ3v) is 6.43. The second-order valence-electron chi connectivity index (χ2n) is 8.41. The van der Waals surface area contributed by atoms with E-state index in [2.05, 4.69) is 36.8 Å². The highest BCUT2D eigenvalue weighted by Crippen LogP contribution is 2.37. The summed E-state index contributed by atoms with van der Waals surface area (Å²) in [5.74, 6) is 0.943. The van der Waals surface area contributed by atoms with Crippen molar-refractivity contribution >= 4 is 28.4 Å². The topological polar surface area (TPSA) is 106 Å². The molecule has 9 heteroatoms. The highest BCUT2D eigenvalue weighted by Gasteiger charge is 2.40. The minimum atomic E-state index is -0.418. The molecule has 2 atom stereocenters. The standard InChI is InChI=1S/C22H25FN8/c1-13-20(23)22(30-29-13)28-19-12-18-17(4-2-8-25-18)21(27-19)26-14-10-15-5-6-16(11-14)31(15)9-3-7-24/h2,4,8,12,14-16H,3,5-6,9-11H2,1H3,(H3,26,27,28,29,30). The molecule has 2 aliphatic heterocycles. The summed E-state index contributed by atoms with van der Waals surface area (Å²) in [5, 5.41) is 23.1. The van der Waals surface area contributed by atoms with E-state index in [0.29, 0.717) is 36.1 Å². The van der Waals surface area contributed by atoms with Crippen LogP contribution in [-0.2, 0) is 0 Å². The van der Waals surface area contributed by atoms with Crippen molar-refractivity contribution in [2.24, 2.45) is 0 Å². The van der Waals surface area contributed by atoms with Crippen molar-refractivity contribution < 1.29 is 4.39 Å². The average Bonchev–Trinajstić information content (AvgIpc) is 3.21. The molecule has 5 heterocycles. The molecule has 2 aliphatic rings. The van der Waals surface area contributed by atoms with E-state index in [1.165, 1.54) is 12.8 Å². The van der Waals surface area contributed by atoms with Crippen molar-refractivity contribution in [3.05, 3.63) is 35.9 Å². The third kappa shape index (κ3) is 3.79. The summed E-state index contributed by atoms with van der Waals surface area (Å²) in [6, 6.07) is 9.29. The van der Waals surface area contributed by atoms with Crippen LogP contribution in [0.25, 0.3) is 10.9 Å². The Labute approximate surface area is 179 Å². The van der Waals surface area contributed by atoms with E-state index in [9.17, 15) is 4.39 Å². The van der Waals surface area contributed by atoms with Gasteiger partial charge in [-0.2, -0.15) is 10.4 Å². The first-order valence-corrected chi connectivity index (χ1v) is 10.7. The lowest BCUT2D eigenvalue weighted by Gasteiger charge is -2.39. The Morgan fingerprint density at radius 1 is 1.29 bits per heavy atom. The van der Waals surface area contributed by atoms with Gasteiger partial charge in [-0.3, -0.25) is 15.0 Å². The number of pyridine rings is 2. The van der Waals surface area contributed by atoms with Crippen LogP contribution in [0.1, 0.15) is 37.8 Å². The normalized spacial score (nSPS) is 23.1. The number of aryl methyl sites for hydroxylation is 1. The van der Waals surface area contributed by atoms with Crippen molar-refractivity contribution in [3.63, 3.8) is 0 Å². The molecule has 2 fully saturated rings. The quantitative estimate of drug-likeness (QED) is 0.556. The summed E-state index contributed by atoms with van der Waals surface area (Å²) in [5.41, 5.74) is 1.16. The fourth-order valence-electron chi connectivity index (χ4n) is 5.00. The number of piperidine rings is 1. The predicted molar refractivity (Wildman–Crippen MR) is 116 cm³/mol. The summed E-state index contributed by atoms with van der Waals surface area (Å²) in [6.07, 6.45) is 6.74. The number of aromatic amines is 1. The molecule has 2 saturated heterocycles. The summed E-state index contributed by atoms with van der Waals surface area (Å²) in [4.78, 5) is 11.7. The minimum absolute atomic E-state index is 0.120. The fourth-order valence-corrected chi connectivity index (χ4v) is 5.00. The van der Waals surface area contributed by atoms with Gasteiger partial charge in [-0.25, -0.2) is 9.37 Å². The lowest BCUT2D eigenvalue weighted by molar-refractivity contribution is 0.136. The molecule has 0 aliphatic carbocycles. The molecule has 0 radical (unpaired) electrons. The van der Waals surface area contributed by atoms with Gasteiger partial charge in [0, 0.05) is 48.7 Å². The molecular formula is C22H25FN8. The van der Waals surface area contributed by atoms with Crippen molar-refractivity contribution in [1.29, 1.82) is 5.26 Å². The van der Waals surface area contributed by atoms with Gasteiger partial charge in [-0.05, 0) is 44.7 Å². The number of hydrogen-bond acceptors (Lipinski definition) is 7. The van der Waals surface area contributed by atoms with Gasteiger partial charge in [0.2, 0.25) is 0 Å². The largest absolute Gasteiger partial charge is 0.367 e. The van der Waals surface area contributed by atoms with Crippen LogP contribution in [0.5, 0.6) is 0 Å². The number of rotatable bonds is 6.